The van der Waals surface area contributed by atoms with Crippen LogP contribution >= 0.6 is 34.9 Å². The van der Waals surface area contributed by atoms with Crippen molar-refractivity contribution in [1.29, 1.82) is 0 Å². The number of benzene rings is 1. The van der Waals surface area contributed by atoms with Gasteiger partial charge in [0.1, 0.15) is 5.75 Å². The van der Waals surface area contributed by atoms with Crippen LogP contribution in [0.3, 0.4) is 0 Å². The van der Waals surface area contributed by atoms with Crippen molar-refractivity contribution in [3.63, 3.8) is 0 Å². The van der Waals surface area contributed by atoms with Gasteiger partial charge in [-0.3, -0.25) is 14.3 Å². The van der Waals surface area contributed by atoms with Gasteiger partial charge in [0.15, 0.2) is 9.96 Å². The third-order valence-corrected chi connectivity index (χ3v) is 7.53. The molecule has 0 bridgehead atoms. The standard InChI is InChI=1S/C17H20ClN3O6S3/c1-19-29-17(23)21-30(24,25)16-14(27-3)9-11(28-16)6-7-20-15(22)12-8-10(18)4-5-13(12)26-2/h4-5,8-9,19H,6-7H2,1-3H3,(H,20,22)(H,21,23). The summed E-state index contributed by atoms with van der Waals surface area (Å²) < 4.78 is 39.5. The van der Waals surface area contributed by atoms with Gasteiger partial charge in [-0.2, -0.15) is 0 Å². The Bertz CT molecular complexity index is 1030. The topological polar surface area (TPSA) is 123 Å². The highest BCUT2D eigenvalue weighted by molar-refractivity contribution is 8.13. The number of nitrogens with one attached hydrogen (secondary N) is 3. The number of sulfonamides is 1. The van der Waals surface area contributed by atoms with Crippen molar-refractivity contribution >= 4 is 56.1 Å². The summed E-state index contributed by atoms with van der Waals surface area (Å²) in [5, 5.41) is 2.38. The van der Waals surface area contributed by atoms with Crippen molar-refractivity contribution in [2.75, 3.05) is 27.8 Å². The van der Waals surface area contributed by atoms with E-state index in [9.17, 15) is 18.0 Å². The molecule has 0 unspecified atom stereocenters. The summed E-state index contributed by atoms with van der Waals surface area (Å²) in [6.45, 7) is 0.236. The summed E-state index contributed by atoms with van der Waals surface area (Å²) in [6, 6.07) is 6.27. The monoisotopic (exact) mass is 493 g/mol. The molecule has 0 saturated heterocycles. The average molecular weight is 494 g/mol. The second kappa shape index (κ2) is 10.9. The molecule has 2 aromatic rings. The van der Waals surface area contributed by atoms with Gasteiger partial charge >= 0.3 is 5.24 Å². The lowest BCUT2D eigenvalue weighted by molar-refractivity contribution is 0.0951. The minimum atomic E-state index is -4.09. The summed E-state index contributed by atoms with van der Waals surface area (Å²) in [6.07, 6.45) is 0.352. The van der Waals surface area contributed by atoms with E-state index in [4.69, 9.17) is 21.1 Å². The van der Waals surface area contributed by atoms with Crippen molar-refractivity contribution in [3.8, 4) is 11.5 Å². The Kier molecular flexibility index (Phi) is 8.79. The van der Waals surface area contributed by atoms with Gasteiger partial charge in [0.2, 0.25) is 0 Å². The van der Waals surface area contributed by atoms with E-state index in [0.717, 1.165) is 11.3 Å². The molecule has 2 amide bonds. The maximum Gasteiger partial charge on any atom is 0.307 e. The van der Waals surface area contributed by atoms with Gasteiger partial charge in [0.25, 0.3) is 15.9 Å². The molecule has 9 nitrogen and oxygen atoms in total. The zero-order chi connectivity index (χ0) is 22.3. The van der Waals surface area contributed by atoms with E-state index >= 15 is 0 Å². The highest BCUT2D eigenvalue weighted by Gasteiger charge is 2.25. The largest absolute Gasteiger partial charge is 0.496 e. The lowest BCUT2D eigenvalue weighted by atomic mass is 10.2. The van der Waals surface area contributed by atoms with E-state index in [2.05, 4.69) is 10.0 Å². The fourth-order valence-electron chi connectivity index (χ4n) is 2.38. The Morgan fingerprint density at radius 2 is 1.87 bits per heavy atom. The zero-order valence-electron chi connectivity index (χ0n) is 16.3. The van der Waals surface area contributed by atoms with Crippen molar-refractivity contribution < 1.29 is 27.5 Å². The Labute approximate surface area is 187 Å². The number of amides is 2. The molecule has 0 aliphatic rings. The number of hydrogen-bond donors (Lipinski definition) is 3. The maximum absolute atomic E-state index is 12.4. The fourth-order valence-corrected chi connectivity index (χ4v) is 5.69. The molecule has 0 spiro atoms. The number of methoxy groups -OCH3 is 2. The van der Waals surface area contributed by atoms with Gasteiger partial charge in [0, 0.05) is 28.4 Å². The van der Waals surface area contributed by atoms with Gasteiger partial charge in [-0.05, 0) is 37.7 Å². The molecule has 0 aliphatic heterocycles. The van der Waals surface area contributed by atoms with Crippen LogP contribution in [0.2, 0.25) is 5.02 Å². The van der Waals surface area contributed by atoms with E-state index < -0.39 is 15.3 Å². The second-order valence-corrected chi connectivity index (χ2v) is 10.1. The molecule has 0 saturated carbocycles. The average Bonchev–Trinajstić information content (AvgIpc) is 3.12. The van der Waals surface area contributed by atoms with E-state index in [1.165, 1.54) is 27.3 Å². The summed E-state index contributed by atoms with van der Waals surface area (Å²) >= 11 is 7.51. The normalized spacial score (nSPS) is 11.1. The lowest BCUT2D eigenvalue weighted by Crippen LogP contribution is -2.28. The molecule has 1 aromatic heterocycles. The van der Waals surface area contributed by atoms with E-state index in [0.29, 0.717) is 39.6 Å². The van der Waals surface area contributed by atoms with Crippen LogP contribution in [0, 0.1) is 0 Å². The Morgan fingerprint density at radius 3 is 2.50 bits per heavy atom. The molecular weight excluding hydrogens is 474 g/mol. The zero-order valence-corrected chi connectivity index (χ0v) is 19.5. The van der Waals surface area contributed by atoms with Crippen LogP contribution in [-0.4, -0.2) is 47.4 Å². The molecule has 13 heteroatoms. The van der Waals surface area contributed by atoms with Gasteiger partial charge < -0.3 is 14.8 Å². The molecule has 3 N–H and O–H groups in total. The third-order valence-electron chi connectivity index (χ3n) is 3.66. The number of halogens is 1. The van der Waals surface area contributed by atoms with Crippen molar-refractivity contribution in [2.45, 2.75) is 10.6 Å². The first kappa shape index (κ1) is 24.3. The highest BCUT2D eigenvalue weighted by atomic mass is 35.5. The van der Waals surface area contributed by atoms with Crippen LogP contribution in [0.1, 0.15) is 15.2 Å². The molecule has 0 radical (unpaired) electrons. The molecule has 30 heavy (non-hydrogen) atoms. The molecule has 1 heterocycles. The number of carbonyl (C=O) groups is 2. The van der Waals surface area contributed by atoms with Gasteiger partial charge in [0.05, 0.1) is 19.8 Å². The Morgan fingerprint density at radius 1 is 1.17 bits per heavy atom. The number of thiophene rings is 1. The highest BCUT2D eigenvalue weighted by Crippen LogP contribution is 2.34. The predicted molar refractivity (Wildman–Crippen MR) is 117 cm³/mol. The van der Waals surface area contributed by atoms with E-state index in [1.54, 1.807) is 18.2 Å². The first-order chi connectivity index (χ1) is 14.2. The molecule has 1 aromatic carbocycles. The smallest absolute Gasteiger partial charge is 0.307 e. The van der Waals surface area contributed by atoms with Gasteiger partial charge in [-0.1, -0.05) is 11.6 Å². The Hall–Kier alpha value is -1.99. The molecule has 2 rings (SSSR count). The van der Waals surface area contributed by atoms with Crippen molar-refractivity contribution in [1.82, 2.24) is 14.8 Å². The predicted octanol–water partition coefficient (Wildman–Crippen LogP) is 2.66. The number of rotatable bonds is 9. The molecule has 164 valence electrons. The quantitative estimate of drug-likeness (QED) is 0.455. The molecule has 0 fully saturated rings. The summed E-state index contributed by atoms with van der Waals surface area (Å²) in [5.74, 6) is 0.132. The molecular formula is C17H20ClN3O6S3. The van der Waals surface area contributed by atoms with Crippen molar-refractivity contribution in [2.24, 2.45) is 0 Å². The fraction of sp³-hybridized carbons (Fsp3) is 0.294. The van der Waals surface area contributed by atoms with Crippen molar-refractivity contribution in [3.05, 3.63) is 39.7 Å². The summed E-state index contributed by atoms with van der Waals surface area (Å²) in [4.78, 5) is 24.7. The van der Waals surface area contributed by atoms with Crippen LogP contribution in [0.4, 0.5) is 4.79 Å². The summed E-state index contributed by atoms with van der Waals surface area (Å²) in [5.41, 5.74) is 0.293. The van der Waals surface area contributed by atoms with Crippen LogP contribution in [0.5, 0.6) is 11.5 Å². The van der Waals surface area contributed by atoms with Gasteiger partial charge in [-0.25, -0.2) is 13.1 Å². The van der Waals surface area contributed by atoms with Crippen LogP contribution in [0.15, 0.2) is 28.5 Å². The SMILES string of the molecule is CNSC(=O)NS(=O)(=O)c1sc(CCNC(=O)c2cc(Cl)ccc2OC)cc1OC. The second-order valence-electron chi connectivity index (χ2n) is 5.62. The van der Waals surface area contributed by atoms with E-state index in [1.807, 2.05) is 4.72 Å². The molecule has 0 aliphatic carbocycles. The van der Waals surface area contributed by atoms with Crippen LogP contribution in [0.25, 0.3) is 0 Å². The summed E-state index contributed by atoms with van der Waals surface area (Å²) in [7, 11) is 0.195. The number of ether oxygens (including phenoxy) is 2. The first-order valence-corrected chi connectivity index (χ1v) is 11.9. The first-order valence-electron chi connectivity index (χ1n) is 8.40. The molecule has 0 atom stereocenters. The minimum absolute atomic E-state index is 0.118. The van der Waals surface area contributed by atoms with Gasteiger partial charge in [-0.15, -0.1) is 11.3 Å². The number of carbonyl (C=O) groups excluding carboxylic acids is 2. The van der Waals surface area contributed by atoms with Crippen LogP contribution in [-0.2, 0) is 16.4 Å². The maximum atomic E-state index is 12.4. The third kappa shape index (κ3) is 6.25. The van der Waals surface area contributed by atoms with Crippen LogP contribution < -0.4 is 24.2 Å². The Balaban J connectivity index is 2.07. The lowest BCUT2D eigenvalue weighted by Gasteiger charge is -2.09. The number of hydrogen-bond acceptors (Lipinski definition) is 9. The van der Waals surface area contributed by atoms with E-state index in [-0.39, 0.29) is 22.4 Å². The minimum Gasteiger partial charge on any atom is -0.496 e.